The number of halogens is 1. The van der Waals surface area contributed by atoms with Crippen LogP contribution in [0.4, 0.5) is 0 Å². The van der Waals surface area contributed by atoms with Gasteiger partial charge in [0.15, 0.2) is 11.0 Å². The lowest BCUT2D eigenvalue weighted by atomic mass is 9.87. The maximum absolute atomic E-state index is 6.31. The van der Waals surface area contributed by atoms with Crippen LogP contribution in [-0.2, 0) is 24.3 Å². The zero-order valence-electron chi connectivity index (χ0n) is 19.2. The molecule has 0 atom stereocenters. The Bertz CT molecular complexity index is 1210. The molecular weight excluding hydrogens is 472 g/mol. The van der Waals surface area contributed by atoms with Gasteiger partial charge in [0.05, 0.1) is 10.7 Å². The van der Waals surface area contributed by atoms with E-state index in [9.17, 15) is 0 Å². The molecule has 4 rings (SSSR count). The third kappa shape index (κ3) is 5.78. The van der Waals surface area contributed by atoms with Gasteiger partial charge < -0.3 is 9.30 Å². The normalized spacial score (nSPS) is 11.7. The third-order valence-corrected chi connectivity index (χ3v) is 7.46. The number of ether oxygens (including phenoxy) is 1. The highest BCUT2D eigenvalue weighted by molar-refractivity contribution is 7.98. The second-order valence-corrected chi connectivity index (χ2v) is 10.8. The molecule has 4 aromatic rings. The van der Waals surface area contributed by atoms with Crippen molar-refractivity contribution in [2.75, 3.05) is 0 Å². The Kier molecular flexibility index (Phi) is 7.41. The molecule has 0 saturated heterocycles. The van der Waals surface area contributed by atoms with E-state index in [1.807, 2.05) is 36.4 Å². The molecule has 0 amide bonds. The van der Waals surface area contributed by atoms with E-state index in [-0.39, 0.29) is 5.41 Å². The molecule has 0 aliphatic carbocycles. The molecule has 0 unspecified atom stereocenters. The van der Waals surface area contributed by atoms with Gasteiger partial charge in [0.25, 0.3) is 0 Å². The van der Waals surface area contributed by atoms with Crippen molar-refractivity contribution in [2.24, 2.45) is 0 Å². The molecule has 0 bridgehead atoms. The summed E-state index contributed by atoms with van der Waals surface area (Å²) in [6, 6.07) is 16.0. The first-order valence-corrected chi connectivity index (χ1v) is 13.1. The van der Waals surface area contributed by atoms with E-state index in [0.717, 1.165) is 44.6 Å². The Morgan fingerprint density at radius 2 is 1.82 bits per heavy atom. The molecule has 0 radical (unpaired) electrons. The Morgan fingerprint density at radius 1 is 1.06 bits per heavy atom. The topological polar surface area (TPSA) is 52.8 Å². The summed E-state index contributed by atoms with van der Waals surface area (Å²) < 4.78 is 8.08. The standard InChI is InChI=1S/C25H27ClN4OS2/c1-5-30-22(14-31-19-12-10-17(11-13-19)25(2,3)4)28-29-24(30)33-16-18-15-32-23(27-18)20-8-6-7-9-21(20)26/h6-13,15H,5,14,16H2,1-4H3. The van der Waals surface area contributed by atoms with E-state index in [4.69, 9.17) is 21.3 Å². The summed E-state index contributed by atoms with van der Waals surface area (Å²) in [5, 5.41) is 13.3. The maximum Gasteiger partial charge on any atom is 0.191 e. The molecule has 8 heteroatoms. The van der Waals surface area contributed by atoms with Gasteiger partial charge in [0, 0.05) is 23.2 Å². The Balaban J connectivity index is 1.38. The van der Waals surface area contributed by atoms with E-state index in [2.05, 4.69) is 60.0 Å². The van der Waals surface area contributed by atoms with Crippen LogP contribution in [0.5, 0.6) is 5.75 Å². The average molecular weight is 499 g/mol. The predicted octanol–water partition coefficient (Wildman–Crippen LogP) is 7.24. The fourth-order valence-electron chi connectivity index (χ4n) is 3.32. The lowest BCUT2D eigenvalue weighted by molar-refractivity contribution is 0.288. The second kappa shape index (κ2) is 10.3. The SMILES string of the molecule is CCn1c(COc2ccc(C(C)(C)C)cc2)nnc1SCc1csc(-c2ccccc2Cl)n1. The van der Waals surface area contributed by atoms with Gasteiger partial charge in [-0.25, -0.2) is 4.98 Å². The molecule has 0 fully saturated rings. The summed E-state index contributed by atoms with van der Waals surface area (Å²) in [4.78, 5) is 4.75. The predicted molar refractivity (Wildman–Crippen MR) is 137 cm³/mol. The van der Waals surface area contributed by atoms with Crippen LogP contribution in [0, 0.1) is 0 Å². The molecule has 172 valence electrons. The minimum atomic E-state index is 0.123. The molecule has 2 aromatic carbocycles. The van der Waals surface area contributed by atoms with Gasteiger partial charge in [-0.2, -0.15) is 0 Å². The number of hydrogen-bond donors (Lipinski definition) is 0. The molecule has 5 nitrogen and oxygen atoms in total. The van der Waals surface area contributed by atoms with E-state index in [0.29, 0.717) is 12.4 Å². The number of thiazole rings is 1. The van der Waals surface area contributed by atoms with E-state index >= 15 is 0 Å². The molecular formula is C25H27ClN4OS2. The van der Waals surface area contributed by atoms with Crippen molar-refractivity contribution >= 4 is 34.7 Å². The van der Waals surface area contributed by atoms with Crippen LogP contribution in [0.2, 0.25) is 5.02 Å². The first-order valence-electron chi connectivity index (χ1n) is 10.8. The molecule has 0 saturated carbocycles. The highest BCUT2D eigenvalue weighted by Gasteiger charge is 2.15. The van der Waals surface area contributed by atoms with Crippen LogP contribution in [0.1, 0.15) is 44.8 Å². The molecule has 0 spiro atoms. The quantitative estimate of drug-likeness (QED) is 0.239. The van der Waals surface area contributed by atoms with Gasteiger partial charge in [0.1, 0.15) is 17.4 Å². The number of hydrogen-bond acceptors (Lipinski definition) is 6. The fraction of sp³-hybridized carbons (Fsp3) is 0.320. The summed E-state index contributed by atoms with van der Waals surface area (Å²) in [5.41, 5.74) is 3.37. The van der Waals surface area contributed by atoms with E-state index < -0.39 is 0 Å². The highest BCUT2D eigenvalue weighted by Crippen LogP contribution is 2.32. The van der Waals surface area contributed by atoms with E-state index in [1.54, 1.807) is 23.1 Å². The molecule has 33 heavy (non-hydrogen) atoms. The summed E-state index contributed by atoms with van der Waals surface area (Å²) in [6.45, 7) is 9.86. The van der Waals surface area contributed by atoms with Crippen molar-refractivity contribution in [3.05, 3.63) is 76.0 Å². The minimum Gasteiger partial charge on any atom is -0.486 e. The number of nitrogens with zero attached hydrogens (tertiary/aromatic N) is 4. The molecule has 0 aliphatic heterocycles. The van der Waals surface area contributed by atoms with E-state index in [1.165, 1.54) is 5.56 Å². The van der Waals surface area contributed by atoms with Gasteiger partial charge in [-0.05, 0) is 36.1 Å². The fourth-order valence-corrected chi connectivity index (χ4v) is 5.48. The number of benzene rings is 2. The Labute approximate surface area is 208 Å². The lowest BCUT2D eigenvalue weighted by Gasteiger charge is -2.19. The van der Waals surface area contributed by atoms with Crippen molar-refractivity contribution in [1.82, 2.24) is 19.7 Å². The second-order valence-electron chi connectivity index (χ2n) is 8.62. The summed E-state index contributed by atoms with van der Waals surface area (Å²) >= 11 is 9.55. The van der Waals surface area contributed by atoms with Gasteiger partial charge >= 0.3 is 0 Å². The Morgan fingerprint density at radius 3 is 2.52 bits per heavy atom. The summed E-state index contributed by atoms with van der Waals surface area (Å²) in [5.74, 6) is 2.36. The van der Waals surface area contributed by atoms with Crippen LogP contribution >= 0.6 is 34.7 Å². The van der Waals surface area contributed by atoms with Crippen LogP contribution < -0.4 is 4.74 Å². The van der Waals surface area contributed by atoms with Crippen molar-refractivity contribution in [2.45, 2.75) is 57.2 Å². The summed E-state index contributed by atoms with van der Waals surface area (Å²) in [6.07, 6.45) is 0. The van der Waals surface area contributed by atoms with Gasteiger partial charge in [-0.1, -0.05) is 74.5 Å². The zero-order valence-corrected chi connectivity index (χ0v) is 21.6. The molecule has 2 heterocycles. The number of thioether (sulfide) groups is 1. The van der Waals surface area contributed by atoms with Crippen molar-refractivity contribution < 1.29 is 4.74 Å². The van der Waals surface area contributed by atoms with Crippen molar-refractivity contribution in [1.29, 1.82) is 0 Å². The monoisotopic (exact) mass is 498 g/mol. The smallest absolute Gasteiger partial charge is 0.191 e. The average Bonchev–Trinajstić information content (AvgIpc) is 3.42. The molecule has 0 aliphatic rings. The minimum absolute atomic E-state index is 0.123. The van der Waals surface area contributed by atoms with Crippen LogP contribution in [-0.4, -0.2) is 19.7 Å². The third-order valence-electron chi connectivity index (χ3n) is 5.20. The number of rotatable bonds is 8. The molecule has 2 aromatic heterocycles. The number of aromatic nitrogens is 4. The van der Waals surface area contributed by atoms with Gasteiger partial charge in [-0.3, -0.25) is 0 Å². The van der Waals surface area contributed by atoms with Crippen LogP contribution in [0.15, 0.2) is 59.1 Å². The maximum atomic E-state index is 6.31. The highest BCUT2D eigenvalue weighted by atomic mass is 35.5. The zero-order chi connectivity index (χ0) is 23.4. The largest absolute Gasteiger partial charge is 0.486 e. The van der Waals surface area contributed by atoms with Crippen LogP contribution in [0.25, 0.3) is 10.6 Å². The van der Waals surface area contributed by atoms with Crippen LogP contribution in [0.3, 0.4) is 0 Å². The Hall–Kier alpha value is -2.35. The van der Waals surface area contributed by atoms with Gasteiger partial charge in [-0.15, -0.1) is 21.5 Å². The summed E-state index contributed by atoms with van der Waals surface area (Å²) in [7, 11) is 0. The van der Waals surface area contributed by atoms with Crippen molar-refractivity contribution in [3.63, 3.8) is 0 Å². The first kappa shape index (κ1) is 23.8. The van der Waals surface area contributed by atoms with Gasteiger partial charge in [0.2, 0.25) is 0 Å². The first-order chi connectivity index (χ1) is 15.8. The van der Waals surface area contributed by atoms with Crippen molar-refractivity contribution in [3.8, 4) is 16.3 Å². The molecule has 0 N–H and O–H groups in total. The lowest BCUT2D eigenvalue weighted by Crippen LogP contribution is -2.11.